The third-order valence-electron chi connectivity index (χ3n) is 4.07. The molecule has 0 heteroatoms. The van der Waals surface area contributed by atoms with Crippen LogP contribution in [0.4, 0.5) is 0 Å². The van der Waals surface area contributed by atoms with Crippen molar-refractivity contribution in [1.29, 1.82) is 0 Å². The van der Waals surface area contributed by atoms with E-state index in [2.05, 4.69) is 50.9 Å². The summed E-state index contributed by atoms with van der Waals surface area (Å²) in [6.07, 6.45) is 17.3. The van der Waals surface area contributed by atoms with Crippen LogP contribution in [0.5, 0.6) is 0 Å². The summed E-state index contributed by atoms with van der Waals surface area (Å²) in [6.45, 7) is 12.2. The lowest BCUT2D eigenvalue weighted by atomic mass is 10.00. The second-order valence-corrected chi connectivity index (χ2v) is 5.83. The molecule has 124 valence electrons. The first-order valence-electron chi connectivity index (χ1n) is 9.08. The number of unbranched alkanes of at least 4 members (excludes halogenated alkanes) is 9. The second-order valence-electron chi connectivity index (χ2n) is 5.83. The first-order chi connectivity index (χ1) is 10.9. The summed E-state index contributed by atoms with van der Waals surface area (Å²) in [5.74, 6) is 0. The van der Waals surface area contributed by atoms with E-state index in [1.165, 1.54) is 81.8 Å². The fourth-order valence-corrected chi connectivity index (χ4v) is 2.76. The van der Waals surface area contributed by atoms with Crippen molar-refractivity contribution < 1.29 is 0 Å². The highest BCUT2D eigenvalue weighted by molar-refractivity contribution is 5.51. The predicted molar refractivity (Wildman–Crippen MR) is 103 cm³/mol. The molecule has 0 N–H and O–H groups in total. The molecular weight excluding hydrogens is 264 g/mol. The maximum atomic E-state index is 3.89. The average Bonchev–Trinajstić information content (AvgIpc) is 2.58. The van der Waals surface area contributed by atoms with E-state index in [0.717, 1.165) is 0 Å². The highest BCUT2D eigenvalue weighted by Gasteiger charge is 1.98. The molecular formula is C22H36. The zero-order chi connectivity index (χ0) is 16.5. The summed E-state index contributed by atoms with van der Waals surface area (Å²) in [5.41, 5.74) is 2.77. The minimum atomic E-state index is 1.21. The molecule has 0 nitrogen and oxygen atoms in total. The topological polar surface area (TPSA) is 0 Å². The number of hydrogen-bond acceptors (Lipinski definition) is 0. The van der Waals surface area contributed by atoms with Crippen LogP contribution in [-0.4, -0.2) is 0 Å². The van der Waals surface area contributed by atoms with Crippen molar-refractivity contribution in [1.82, 2.24) is 0 Å². The zero-order valence-electron chi connectivity index (χ0n) is 14.8. The Morgan fingerprint density at radius 3 is 1.82 bits per heavy atom. The van der Waals surface area contributed by atoms with Crippen molar-refractivity contribution in [2.75, 3.05) is 0 Å². The monoisotopic (exact) mass is 300 g/mol. The van der Waals surface area contributed by atoms with Gasteiger partial charge in [-0.2, -0.15) is 0 Å². The van der Waals surface area contributed by atoms with Crippen molar-refractivity contribution in [3.63, 3.8) is 0 Å². The Labute approximate surface area is 139 Å². The highest BCUT2D eigenvalue weighted by atomic mass is 14.0. The Morgan fingerprint density at radius 2 is 1.27 bits per heavy atom. The van der Waals surface area contributed by atoms with Gasteiger partial charge >= 0.3 is 0 Å². The second kappa shape index (κ2) is 16.1. The average molecular weight is 301 g/mol. The van der Waals surface area contributed by atoms with Crippen LogP contribution in [0.1, 0.15) is 82.3 Å². The maximum absolute atomic E-state index is 3.89. The van der Waals surface area contributed by atoms with E-state index in [4.69, 9.17) is 0 Å². The standard InChI is InChI=1S/C20H32.C2H4/c1-3-5-6-7-8-9-10-11-12-13-17-20-18-15-14-16-19(20)4-2;1-2/h4,14-16,18H,2-3,5-13,17H2,1H3;1-2H2. The largest absolute Gasteiger partial charge is 0.106 e. The van der Waals surface area contributed by atoms with Crippen LogP contribution in [-0.2, 0) is 6.42 Å². The lowest BCUT2D eigenvalue weighted by Crippen LogP contribution is -1.89. The van der Waals surface area contributed by atoms with Gasteiger partial charge < -0.3 is 0 Å². The van der Waals surface area contributed by atoms with E-state index >= 15 is 0 Å². The van der Waals surface area contributed by atoms with Crippen LogP contribution < -0.4 is 0 Å². The smallest absolute Gasteiger partial charge is 0.0230 e. The molecule has 0 aliphatic rings. The molecule has 0 saturated heterocycles. The summed E-state index contributed by atoms with van der Waals surface area (Å²) in [5, 5.41) is 0. The summed E-state index contributed by atoms with van der Waals surface area (Å²) >= 11 is 0. The van der Waals surface area contributed by atoms with Gasteiger partial charge in [0.25, 0.3) is 0 Å². The third kappa shape index (κ3) is 10.4. The maximum Gasteiger partial charge on any atom is -0.0230 e. The zero-order valence-corrected chi connectivity index (χ0v) is 14.8. The van der Waals surface area contributed by atoms with Gasteiger partial charge in [-0.05, 0) is 24.0 Å². The summed E-state index contributed by atoms with van der Waals surface area (Å²) in [6, 6.07) is 8.64. The van der Waals surface area contributed by atoms with E-state index in [1.54, 1.807) is 0 Å². The van der Waals surface area contributed by atoms with Crippen molar-refractivity contribution in [3.8, 4) is 0 Å². The molecule has 0 saturated carbocycles. The minimum absolute atomic E-state index is 1.21. The fraction of sp³-hybridized carbons (Fsp3) is 0.545. The van der Waals surface area contributed by atoms with Gasteiger partial charge in [-0.1, -0.05) is 102 Å². The number of hydrogen-bond donors (Lipinski definition) is 0. The first kappa shape index (κ1) is 20.7. The molecule has 0 radical (unpaired) electrons. The van der Waals surface area contributed by atoms with Gasteiger partial charge in [0.15, 0.2) is 0 Å². The molecule has 0 aliphatic heterocycles. The fourth-order valence-electron chi connectivity index (χ4n) is 2.76. The molecule has 0 bridgehead atoms. The van der Waals surface area contributed by atoms with Gasteiger partial charge in [-0.15, -0.1) is 13.2 Å². The number of aryl methyl sites for hydroxylation is 1. The number of benzene rings is 1. The molecule has 0 aliphatic carbocycles. The third-order valence-corrected chi connectivity index (χ3v) is 4.07. The van der Waals surface area contributed by atoms with Crippen LogP contribution in [0.3, 0.4) is 0 Å². The van der Waals surface area contributed by atoms with Gasteiger partial charge in [-0.25, -0.2) is 0 Å². The van der Waals surface area contributed by atoms with Crippen LogP contribution in [0.15, 0.2) is 44.0 Å². The lowest BCUT2D eigenvalue weighted by Gasteiger charge is -2.06. The molecule has 0 fully saturated rings. The Kier molecular flexibility index (Phi) is 15.1. The Hall–Kier alpha value is -1.30. The van der Waals surface area contributed by atoms with Gasteiger partial charge in [-0.3, -0.25) is 0 Å². The summed E-state index contributed by atoms with van der Waals surface area (Å²) in [4.78, 5) is 0. The van der Waals surface area contributed by atoms with Gasteiger partial charge in [0, 0.05) is 0 Å². The first-order valence-corrected chi connectivity index (χ1v) is 9.08. The molecule has 1 rings (SSSR count). The van der Waals surface area contributed by atoms with E-state index in [-0.39, 0.29) is 0 Å². The van der Waals surface area contributed by atoms with Crippen molar-refractivity contribution in [2.24, 2.45) is 0 Å². The normalized spacial score (nSPS) is 9.86. The van der Waals surface area contributed by atoms with Crippen molar-refractivity contribution >= 4 is 6.08 Å². The molecule has 0 unspecified atom stereocenters. The van der Waals surface area contributed by atoms with Crippen LogP contribution in [0, 0.1) is 0 Å². The van der Waals surface area contributed by atoms with Crippen molar-refractivity contribution in [2.45, 2.75) is 77.6 Å². The molecule has 0 heterocycles. The summed E-state index contributed by atoms with van der Waals surface area (Å²) < 4.78 is 0. The SMILES string of the molecule is C=C.C=Cc1ccccc1CCCCCCCCCCCC. The van der Waals surface area contributed by atoms with Gasteiger partial charge in [0.05, 0.1) is 0 Å². The van der Waals surface area contributed by atoms with E-state index in [1.807, 2.05) is 6.08 Å². The lowest BCUT2D eigenvalue weighted by molar-refractivity contribution is 0.556. The van der Waals surface area contributed by atoms with Crippen LogP contribution in [0.2, 0.25) is 0 Å². The highest BCUT2D eigenvalue weighted by Crippen LogP contribution is 2.15. The van der Waals surface area contributed by atoms with Crippen LogP contribution in [0.25, 0.3) is 6.08 Å². The van der Waals surface area contributed by atoms with Gasteiger partial charge in [0.1, 0.15) is 0 Å². The molecule has 1 aromatic rings. The Bertz CT molecular complexity index is 364. The molecule has 0 aromatic heterocycles. The number of rotatable bonds is 12. The van der Waals surface area contributed by atoms with E-state index in [0.29, 0.717) is 0 Å². The molecule has 0 amide bonds. The Morgan fingerprint density at radius 1 is 0.773 bits per heavy atom. The van der Waals surface area contributed by atoms with E-state index in [9.17, 15) is 0 Å². The van der Waals surface area contributed by atoms with Crippen molar-refractivity contribution in [3.05, 3.63) is 55.1 Å². The van der Waals surface area contributed by atoms with E-state index < -0.39 is 0 Å². The molecule has 0 spiro atoms. The van der Waals surface area contributed by atoms with Gasteiger partial charge in [0.2, 0.25) is 0 Å². The quantitative estimate of drug-likeness (QED) is 0.275. The molecule has 0 atom stereocenters. The minimum Gasteiger partial charge on any atom is -0.106 e. The predicted octanol–water partition coefficient (Wildman–Crippen LogP) is 7.60. The summed E-state index contributed by atoms with van der Waals surface area (Å²) in [7, 11) is 0. The van der Waals surface area contributed by atoms with Crippen LogP contribution >= 0.6 is 0 Å². The molecule has 22 heavy (non-hydrogen) atoms. The Balaban J connectivity index is 0.00000211. The molecule has 1 aromatic carbocycles.